The first-order valence-electron chi connectivity index (χ1n) is 5.99. The standard InChI is InChI=1S/C11H16AsN4O/c13-11-14-9(12-7-1-2-7)5-10(15-11)16-4-3-8(17)6-16/h5,7-8,17H,1-4,6H2,(H2,13,14,15)/t8-/m0/s1. The van der Waals surface area contributed by atoms with Crippen molar-refractivity contribution in [3.05, 3.63) is 6.07 Å². The van der Waals surface area contributed by atoms with Crippen LogP contribution in [0.1, 0.15) is 19.3 Å². The molecule has 0 aromatic carbocycles. The van der Waals surface area contributed by atoms with E-state index in [-0.39, 0.29) is 21.9 Å². The minimum atomic E-state index is -0.230. The molecule has 0 amide bonds. The van der Waals surface area contributed by atoms with Crippen molar-refractivity contribution < 1.29 is 5.11 Å². The average molecular weight is 295 g/mol. The van der Waals surface area contributed by atoms with Gasteiger partial charge in [-0.15, -0.1) is 0 Å². The Hall–Kier alpha value is -0.802. The van der Waals surface area contributed by atoms with Crippen molar-refractivity contribution in [2.75, 3.05) is 23.7 Å². The van der Waals surface area contributed by atoms with Crippen LogP contribution >= 0.6 is 0 Å². The Morgan fingerprint density at radius 3 is 2.82 bits per heavy atom. The number of rotatable bonds is 3. The van der Waals surface area contributed by atoms with Gasteiger partial charge in [-0.1, -0.05) is 0 Å². The molecule has 1 saturated carbocycles. The zero-order valence-electron chi connectivity index (χ0n) is 9.58. The zero-order chi connectivity index (χ0) is 11.8. The number of aromatic nitrogens is 2. The first-order chi connectivity index (χ1) is 8.20. The van der Waals surface area contributed by atoms with Gasteiger partial charge in [0, 0.05) is 0 Å². The Bertz CT molecular complexity index is 424. The number of nitrogen functional groups attached to an aromatic ring is 1. The molecule has 1 saturated heterocycles. The van der Waals surface area contributed by atoms with Crippen LogP contribution in [0.2, 0.25) is 4.71 Å². The van der Waals surface area contributed by atoms with Crippen LogP contribution in [-0.2, 0) is 0 Å². The van der Waals surface area contributed by atoms with Gasteiger partial charge >= 0.3 is 107 Å². The molecule has 2 fully saturated rings. The molecule has 1 aromatic heterocycles. The third kappa shape index (κ3) is 2.72. The van der Waals surface area contributed by atoms with Crippen molar-refractivity contribution in [2.45, 2.75) is 30.1 Å². The molecule has 6 heteroatoms. The molecule has 0 spiro atoms. The normalized spacial score (nSPS) is 25.0. The molecule has 1 aliphatic heterocycles. The molecule has 1 atom stereocenters. The van der Waals surface area contributed by atoms with Crippen molar-refractivity contribution in [1.82, 2.24) is 9.97 Å². The van der Waals surface area contributed by atoms with Gasteiger partial charge in [-0.25, -0.2) is 0 Å². The van der Waals surface area contributed by atoms with E-state index in [2.05, 4.69) is 20.9 Å². The topological polar surface area (TPSA) is 75.3 Å². The monoisotopic (exact) mass is 295 g/mol. The summed E-state index contributed by atoms with van der Waals surface area (Å²) in [4.78, 5) is 10.7. The molecular weight excluding hydrogens is 279 g/mol. The van der Waals surface area contributed by atoms with Crippen LogP contribution in [0.25, 0.3) is 0 Å². The van der Waals surface area contributed by atoms with E-state index in [9.17, 15) is 5.11 Å². The summed E-state index contributed by atoms with van der Waals surface area (Å²) in [5, 5.41) is 9.54. The molecule has 5 nitrogen and oxygen atoms in total. The minimum absolute atomic E-state index is 0.147. The van der Waals surface area contributed by atoms with Gasteiger partial charge in [0.15, 0.2) is 0 Å². The molecule has 3 rings (SSSR count). The molecule has 0 unspecified atom stereocenters. The Labute approximate surface area is 107 Å². The molecular formula is C11H16AsN4O. The summed E-state index contributed by atoms with van der Waals surface area (Å²) in [6, 6.07) is 2.06. The van der Waals surface area contributed by atoms with Crippen LogP contribution < -0.4 is 15.1 Å². The van der Waals surface area contributed by atoms with E-state index >= 15 is 0 Å². The van der Waals surface area contributed by atoms with Crippen molar-refractivity contribution in [3.8, 4) is 0 Å². The van der Waals surface area contributed by atoms with Gasteiger partial charge in [0.25, 0.3) is 0 Å². The molecule has 0 bridgehead atoms. The van der Waals surface area contributed by atoms with Crippen LogP contribution in [0.15, 0.2) is 6.07 Å². The second kappa shape index (κ2) is 4.46. The van der Waals surface area contributed by atoms with E-state index in [1.54, 1.807) is 0 Å². The van der Waals surface area contributed by atoms with Crippen LogP contribution in [-0.4, -0.2) is 50.0 Å². The Kier molecular flexibility index (Phi) is 2.97. The van der Waals surface area contributed by atoms with Gasteiger partial charge in [-0.2, -0.15) is 0 Å². The van der Waals surface area contributed by atoms with Crippen LogP contribution in [0, 0.1) is 0 Å². The molecule has 1 aromatic rings. The summed E-state index contributed by atoms with van der Waals surface area (Å²) in [5.41, 5.74) is 5.76. The van der Waals surface area contributed by atoms with Crippen LogP contribution in [0.4, 0.5) is 11.8 Å². The zero-order valence-corrected chi connectivity index (χ0v) is 11.5. The number of anilines is 2. The Morgan fingerprint density at radius 1 is 1.35 bits per heavy atom. The summed E-state index contributed by atoms with van der Waals surface area (Å²) < 4.78 is 2.02. The first-order valence-corrected chi connectivity index (χ1v) is 8.01. The second-order valence-electron chi connectivity index (χ2n) is 4.69. The fraction of sp³-hybridized carbons (Fsp3) is 0.636. The number of β-amino-alcohol motifs (C(OH)–C–C–N with tert-alkyl or cyclic N) is 1. The number of nitrogens with two attached hydrogens (primary N) is 1. The van der Waals surface area contributed by atoms with E-state index in [0.717, 1.165) is 28.0 Å². The quantitative estimate of drug-likeness (QED) is 0.738. The maximum absolute atomic E-state index is 9.54. The van der Waals surface area contributed by atoms with E-state index < -0.39 is 0 Å². The van der Waals surface area contributed by atoms with Crippen molar-refractivity contribution >= 4 is 32.0 Å². The molecule has 91 valence electrons. The summed E-state index contributed by atoms with van der Waals surface area (Å²) in [6.07, 6.45) is 3.28. The third-order valence-electron chi connectivity index (χ3n) is 3.07. The van der Waals surface area contributed by atoms with Gasteiger partial charge < -0.3 is 0 Å². The fourth-order valence-corrected chi connectivity index (χ4v) is 4.38. The van der Waals surface area contributed by atoms with E-state index in [4.69, 9.17) is 5.73 Å². The second-order valence-corrected chi connectivity index (χ2v) is 7.73. The van der Waals surface area contributed by atoms with Gasteiger partial charge in [-0.3, -0.25) is 0 Å². The van der Waals surface area contributed by atoms with Gasteiger partial charge in [0.1, 0.15) is 0 Å². The average Bonchev–Trinajstić information content (AvgIpc) is 2.97. The summed E-state index contributed by atoms with van der Waals surface area (Å²) in [5.74, 6) is 1.26. The van der Waals surface area contributed by atoms with Crippen LogP contribution in [0.3, 0.4) is 0 Å². The summed E-state index contributed by atoms with van der Waals surface area (Å²) >= 11 is 0.147. The molecule has 2 heterocycles. The van der Waals surface area contributed by atoms with Gasteiger partial charge in [0.05, 0.1) is 0 Å². The molecule has 3 N–H and O–H groups in total. The number of nitrogens with zero attached hydrogens (tertiary/aromatic N) is 3. The maximum atomic E-state index is 9.54. The summed E-state index contributed by atoms with van der Waals surface area (Å²) in [7, 11) is 0. The first kappa shape index (κ1) is 11.3. The molecule has 1 radical (unpaired) electrons. The van der Waals surface area contributed by atoms with Crippen LogP contribution in [0.5, 0.6) is 0 Å². The Balaban J connectivity index is 1.80. The summed E-state index contributed by atoms with van der Waals surface area (Å²) in [6.45, 7) is 1.52. The van der Waals surface area contributed by atoms with E-state index in [0.29, 0.717) is 12.5 Å². The predicted octanol–water partition coefficient (Wildman–Crippen LogP) is -0.458. The van der Waals surface area contributed by atoms with Gasteiger partial charge in [0.2, 0.25) is 0 Å². The molecule has 2 aliphatic rings. The van der Waals surface area contributed by atoms with E-state index in [1.165, 1.54) is 12.8 Å². The number of hydrogen-bond donors (Lipinski definition) is 2. The SMILES string of the molecule is Nc1nc([As]C2CC2)cc(N2CC[C@H](O)C2)n1. The number of aliphatic hydroxyl groups excluding tert-OH is 1. The van der Waals surface area contributed by atoms with Crippen molar-refractivity contribution in [3.63, 3.8) is 0 Å². The van der Waals surface area contributed by atoms with E-state index in [1.807, 2.05) is 0 Å². The third-order valence-corrected chi connectivity index (χ3v) is 5.95. The predicted molar refractivity (Wildman–Crippen MR) is 67.7 cm³/mol. The number of hydrogen-bond acceptors (Lipinski definition) is 5. The van der Waals surface area contributed by atoms with Crippen molar-refractivity contribution in [2.24, 2.45) is 0 Å². The van der Waals surface area contributed by atoms with Crippen molar-refractivity contribution in [1.29, 1.82) is 0 Å². The van der Waals surface area contributed by atoms with Gasteiger partial charge in [-0.05, 0) is 0 Å². The Morgan fingerprint density at radius 2 is 2.18 bits per heavy atom. The molecule has 1 aliphatic carbocycles. The number of aliphatic hydroxyl groups is 1. The molecule has 17 heavy (non-hydrogen) atoms. The fourth-order valence-electron chi connectivity index (χ4n) is 2.01.